The monoisotopic (exact) mass is 150 g/mol. The van der Waals surface area contributed by atoms with Crippen LogP contribution in [0.1, 0.15) is 19.3 Å². The van der Waals surface area contributed by atoms with Crippen LogP contribution >= 0.6 is 0 Å². The van der Waals surface area contributed by atoms with Crippen molar-refractivity contribution in [1.29, 1.82) is 0 Å². The smallest absolute Gasteiger partial charge is 0.158 e. The molecule has 1 saturated carbocycles. The molecular weight excluding hydrogens is 140 g/mol. The zero-order valence-electron chi connectivity index (χ0n) is 4.99. The van der Waals surface area contributed by atoms with Crippen LogP contribution in [0, 0.1) is 0 Å². The Hall–Kier alpha value is 0.0700. The predicted molar refractivity (Wildman–Crippen MR) is 34.4 cm³/mol. The average molecular weight is 150 g/mol. The van der Waals surface area contributed by atoms with Crippen LogP contribution in [0.5, 0.6) is 0 Å². The molecule has 3 nitrogen and oxygen atoms in total. The lowest BCUT2D eigenvalue weighted by Crippen LogP contribution is -2.23. The highest BCUT2D eigenvalue weighted by molar-refractivity contribution is 7.80. The molecule has 3 atom stereocenters. The number of hydrogen-bond donors (Lipinski definition) is 2. The van der Waals surface area contributed by atoms with Crippen molar-refractivity contribution in [3.63, 3.8) is 0 Å². The minimum absolute atomic E-state index is 0.384. The van der Waals surface area contributed by atoms with Gasteiger partial charge in [-0.1, -0.05) is 0 Å². The molecule has 9 heavy (non-hydrogen) atoms. The van der Waals surface area contributed by atoms with Gasteiger partial charge in [0.1, 0.15) is 0 Å². The van der Waals surface area contributed by atoms with Crippen LogP contribution in [-0.4, -0.2) is 25.2 Å². The van der Waals surface area contributed by atoms with Gasteiger partial charge in [-0.25, -0.2) is 4.21 Å². The molecule has 0 aliphatic heterocycles. The molecule has 0 aromatic rings. The second-order valence-corrected chi connectivity index (χ2v) is 3.47. The van der Waals surface area contributed by atoms with E-state index in [0.29, 0.717) is 12.8 Å². The van der Waals surface area contributed by atoms with Crippen LogP contribution in [0.3, 0.4) is 0 Å². The minimum atomic E-state index is -1.82. The molecular formula is C5H10O3S. The molecule has 0 radical (unpaired) electrons. The van der Waals surface area contributed by atoms with Gasteiger partial charge in [0.25, 0.3) is 0 Å². The normalized spacial score (nSPS) is 38.9. The van der Waals surface area contributed by atoms with Gasteiger partial charge >= 0.3 is 0 Å². The molecule has 1 unspecified atom stereocenters. The van der Waals surface area contributed by atoms with E-state index in [1.807, 2.05) is 0 Å². The maximum absolute atomic E-state index is 10.4. The first kappa shape index (κ1) is 7.18. The minimum Gasteiger partial charge on any atom is -0.392 e. The highest BCUT2D eigenvalue weighted by Crippen LogP contribution is 2.22. The van der Waals surface area contributed by atoms with Crippen molar-refractivity contribution in [3.8, 4) is 0 Å². The molecule has 2 N–H and O–H groups in total. The lowest BCUT2D eigenvalue weighted by atomic mass is 10.3. The van der Waals surface area contributed by atoms with Gasteiger partial charge in [-0.15, -0.1) is 0 Å². The summed E-state index contributed by atoms with van der Waals surface area (Å²) in [5, 5.41) is 8.62. The summed E-state index contributed by atoms with van der Waals surface area (Å²) in [5.74, 6) is 0. The number of aliphatic hydroxyl groups excluding tert-OH is 1. The third-order valence-electron chi connectivity index (χ3n) is 1.68. The van der Waals surface area contributed by atoms with Gasteiger partial charge in [0, 0.05) is 0 Å². The van der Waals surface area contributed by atoms with E-state index in [2.05, 4.69) is 0 Å². The summed E-state index contributed by atoms with van der Waals surface area (Å²) in [5.41, 5.74) is 0. The highest BCUT2D eigenvalue weighted by Gasteiger charge is 2.29. The van der Waals surface area contributed by atoms with Gasteiger partial charge < -0.3 is 9.66 Å². The molecule has 0 saturated heterocycles. The van der Waals surface area contributed by atoms with Crippen molar-refractivity contribution >= 4 is 11.1 Å². The van der Waals surface area contributed by atoms with E-state index in [4.69, 9.17) is 9.66 Å². The summed E-state index contributed by atoms with van der Waals surface area (Å²) >= 11 is -1.82. The molecule has 0 aromatic carbocycles. The molecule has 0 amide bonds. The van der Waals surface area contributed by atoms with Crippen molar-refractivity contribution in [2.45, 2.75) is 30.6 Å². The Labute approximate surface area is 56.4 Å². The van der Waals surface area contributed by atoms with Crippen LogP contribution in [0.4, 0.5) is 0 Å². The fourth-order valence-electron chi connectivity index (χ4n) is 1.14. The Morgan fingerprint density at radius 3 is 2.33 bits per heavy atom. The SMILES string of the molecule is O=S(O)[C@@H]1CCC[C@H]1O. The van der Waals surface area contributed by atoms with Crippen molar-refractivity contribution in [3.05, 3.63) is 0 Å². The second kappa shape index (κ2) is 2.77. The van der Waals surface area contributed by atoms with Gasteiger partial charge in [0.15, 0.2) is 11.1 Å². The zero-order valence-corrected chi connectivity index (χ0v) is 5.80. The third-order valence-corrected chi connectivity index (χ3v) is 2.74. The lowest BCUT2D eigenvalue weighted by molar-refractivity contribution is 0.184. The van der Waals surface area contributed by atoms with Crippen LogP contribution in [0.15, 0.2) is 0 Å². The topological polar surface area (TPSA) is 57.5 Å². The van der Waals surface area contributed by atoms with Gasteiger partial charge in [0.05, 0.1) is 11.4 Å². The number of rotatable bonds is 1. The van der Waals surface area contributed by atoms with Crippen LogP contribution in [-0.2, 0) is 11.1 Å². The van der Waals surface area contributed by atoms with E-state index in [-0.39, 0.29) is 5.25 Å². The molecule has 4 heteroatoms. The summed E-state index contributed by atoms with van der Waals surface area (Å²) < 4.78 is 18.9. The third kappa shape index (κ3) is 1.50. The van der Waals surface area contributed by atoms with Gasteiger partial charge in [-0.3, -0.25) is 0 Å². The molecule has 1 aliphatic rings. The van der Waals surface area contributed by atoms with E-state index in [0.717, 1.165) is 6.42 Å². The summed E-state index contributed by atoms with van der Waals surface area (Å²) in [6, 6.07) is 0. The fourth-order valence-corrected chi connectivity index (χ4v) is 1.91. The lowest BCUT2D eigenvalue weighted by Gasteiger charge is -2.07. The molecule has 0 heterocycles. The molecule has 0 bridgehead atoms. The van der Waals surface area contributed by atoms with Crippen LogP contribution < -0.4 is 0 Å². The molecule has 1 aliphatic carbocycles. The highest BCUT2D eigenvalue weighted by atomic mass is 32.2. The largest absolute Gasteiger partial charge is 0.392 e. The summed E-state index contributed by atoms with van der Waals surface area (Å²) in [4.78, 5) is 0. The Balaban J connectivity index is 2.49. The zero-order chi connectivity index (χ0) is 6.85. The van der Waals surface area contributed by atoms with Gasteiger partial charge in [0.2, 0.25) is 0 Å². The Morgan fingerprint density at radius 2 is 2.11 bits per heavy atom. The molecule has 54 valence electrons. The molecule has 1 rings (SSSR count). The van der Waals surface area contributed by atoms with Crippen molar-refractivity contribution in [2.75, 3.05) is 0 Å². The van der Waals surface area contributed by atoms with E-state index >= 15 is 0 Å². The molecule has 0 spiro atoms. The first-order chi connectivity index (χ1) is 4.22. The van der Waals surface area contributed by atoms with E-state index in [1.54, 1.807) is 0 Å². The van der Waals surface area contributed by atoms with Gasteiger partial charge in [-0.05, 0) is 19.3 Å². The number of hydrogen-bond acceptors (Lipinski definition) is 2. The first-order valence-electron chi connectivity index (χ1n) is 2.99. The van der Waals surface area contributed by atoms with E-state index in [1.165, 1.54) is 0 Å². The summed E-state index contributed by atoms with van der Waals surface area (Å²) in [6.45, 7) is 0. The Morgan fingerprint density at radius 1 is 1.44 bits per heavy atom. The summed E-state index contributed by atoms with van der Waals surface area (Å²) in [7, 11) is 0. The first-order valence-corrected chi connectivity index (χ1v) is 4.16. The molecule has 0 aromatic heterocycles. The standard InChI is InChI=1S/C5H10O3S/c6-4-2-1-3-5(4)9(7)8/h4-6H,1-3H2,(H,7,8)/t4-,5-/m1/s1. The van der Waals surface area contributed by atoms with Crippen molar-refractivity contribution < 1.29 is 13.9 Å². The van der Waals surface area contributed by atoms with Crippen LogP contribution in [0.25, 0.3) is 0 Å². The van der Waals surface area contributed by atoms with E-state index in [9.17, 15) is 4.21 Å². The quantitative estimate of drug-likeness (QED) is 0.522. The van der Waals surface area contributed by atoms with Crippen LogP contribution in [0.2, 0.25) is 0 Å². The fraction of sp³-hybridized carbons (Fsp3) is 1.00. The maximum atomic E-state index is 10.4. The Kier molecular flexibility index (Phi) is 2.21. The van der Waals surface area contributed by atoms with Crippen molar-refractivity contribution in [2.24, 2.45) is 0 Å². The van der Waals surface area contributed by atoms with E-state index < -0.39 is 17.2 Å². The Bertz CT molecular complexity index is 125. The average Bonchev–Trinajstić information content (AvgIpc) is 2.13. The number of aliphatic hydroxyl groups is 1. The predicted octanol–water partition coefficient (Wildman–Crippen LogP) is 0.121. The maximum Gasteiger partial charge on any atom is 0.158 e. The van der Waals surface area contributed by atoms with Crippen molar-refractivity contribution in [1.82, 2.24) is 0 Å². The molecule has 1 fully saturated rings. The summed E-state index contributed by atoms with van der Waals surface area (Å²) in [6.07, 6.45) is 1.69. The van der Waals surface area contributed by atoms with Gasteiger partial charge in [-0.2, -0.15) is 0 Å². The second-order valence-electron chi connectivity index (χ2n) is 2.31.